The highest BCUT2D eigenvalue weighted by Crippen LogP contribution is 2.28. The average Bonchev–Trinajstić information content (AvgIpc) is 1.92. The summed E-state index contributed by atoms with van der Waals surface area (Å²) in [6.07, 6.45) is 0.814. The highest BCUT2D eigenvalue weighted by atomic mass is 127. The topological polar surface area (TPSA) is 12.0 Å². The normalized spacial score (nSPS) is 21.3. The molecule has 1 N–H and O–H groups in total. The lowest BCUT2D eigenvalue weighted by atomic mass is 9.97. The van der Waals surface area contributed by atoms with Gasteiger partial charge in [-0.2, -0.15) is 0 Å². The molecule has 1 aliphatic heterocycles. The molecule has 2 rings (SSSR count). The molecule has 0 spiro atoms. The van der Waals surface area contributed by atoms with Gasteiger partial charge in [-0.05, 0) is 47.7 Å². The Bertz CT molecular complexity index is 313. The molecule has 0 saturated carbocycles. The van der Waals surface area contributed by atoms with Gasteiger partial charge in [0.25, 0.3) is 0 Å². The van der Waals surface area contributed by atoms with Crippen molar-refractivity contribution < 1.29 is 8.78 Å². The van der Waals surface area contributed by atoms with E-state index < -0.39 is 11.6 Å². The van der Waals surface area contributed by atoms with Crippen LogP contribution in [0.5, 0.6) is 0 Å². The van der Waals surface area contributed by atoms with Crippen LogP contribution in [-0.2, 0) is 0 Å². The average molecular weight is 295 g/mol. The van der Waals surface area contributed by atoms with Crippen LogP contribution in [0.15, 0.2) is 12.1 Å². The van der Waals surface area contributed by atoms with Gasteiger partial charge in [-0.1, -0.05) is 0 Å². The third-order valence-corrected chi connectivity index (χ3v) is 2.84. The van der Waals surface area contributed by atoms with E-state index in [0.717, 1.165) is 13.0 Å². The summed E-state index contributed by atoms with van der Waals surface area (Å²) in [4.78, 5) is 0. The first-order valence-electron chi connectivity index (χ1n) is 4.06. The standard InChI is InChI=1S/C9H8F2IN/c10-6-3-5(12)4-7(11)9(6)8-1-2-13-8/h3-4,8,13H,1-2H2/t8-/m0/s1. The van der Waals surface area contributed by atoms with Crippen molar-refractivity contribution in [1.82, 2.24) is 5.32 Å². The second kappa shape index (κ2) is 3.49. The zero-order chi connectivity index (χ0) is 9.42. The minimum absolute atomic E-state index is 0.128. The van der Waals surface area contributed by atoms with E-state index >= 15 is 0 Å². The van der Waals surface area contributed by atoms with Crippen molar-refractivity contribution in [2.45, 2.75) is 12.5 Å². The van der Waals surface area contributed by atoms with Crippen LogP contribution in [0.2, 0.25) is 0 Å². The van der Waals surface area contributed by atoms with E-state index in [-0.39, 0.29) is 11.6 Å². The Labute approximate surface area is 88.7 Å². The van der Waals surface area contributed by atoms with Crippen molar-refractivity contribution in [3.05, 3.63) is 32.9 Å². The third kappa shape index (κ3) is 1.69. The number of nitrogens with one attached hydrogen (secondary N) is 1. The van der Waals surface area contributed by atoms with Gasteiger partial charge in [0.1, 0.15) is 11.6 Å². The monoisotopic (exact) mass is 295 g/mol. The van der Waals surface area contributed by atoms with Crippen LogP contribution in [0.4, 0.5) is 8.78 Å². The van der Waals surface area contributed by atoms with Crippen LogP contribution in [0.1, 0.15) is 18.0 Å². The molecule has 0 bridgehead atoms. The fourth-order valence-corrected chi connectivity index (χ4v) is 1.97. The van der Waals surface area contributed by atoms with Crippen molar-refractivity contribution in [2.75, 3.05) is 6.54 Å². The molecule has 0 unspecified atom stereocenters. The zero-order valence-corrected chi connectivity index (χ0v) is 8.94. The Balaban J connectivity index is 2.43. The zero-order valence-electron chi connectivity index (χ0n) is 6.78. The molecule has 0 amide bonds. The lowest BCUT2D eigenvalue weighted by molar-refractivity contribution is 0.355. The molecule has 1 heterocycles. The molecular weight excluding hydrogens is 287 g/mol. The lowest BCUT2D eigenvalue weighted by Gasteiger charge is -2.28. The molecule has 70 valence electrons. The highest BCUT2D eigenvalue weighted by Gasteiger charge is 2.25. The van der Waals surface area contributed by atoms with E-state index in [0.29, 0.717) is 3.57 Å². The maximum atomic E-state index is 13.3. The molecule has 1 aromatic rings. The minimum atomic E-state index is -0.443. The van der Waals surface area contributed by atoms with E-state index in [9.17, 15) is 8.78 Å². The number of rotatable bonds is 1. The lowest BCUT2D eigenvalue weighted by Crippen LogP contribution is -2.36. The molecule has 0 aromatic heterocycles. The van der Waals surface area contributed by atoms with Gasteiger partial charge < -0.3 is 5.32 Å². The Morgan fingerprint density at radius 3 is 2.23 bits per heavy atom. The van der Waals surface area contributed by atoms with Gasteiger partial charge in [-0.3, -0.25) is 0 Å². The van der Waals surface area contributed by atoms with Gasteiger partial charge in [0.2, 0.25) is 0 Å². The summed E-state index contributed by atoms with van der Waals surface area (Å²) in [7, 11) is 0. The maximum Gasteiger partial charge on any atom is 0.131 e. The largest absolute Gasteiger partial charge is 0.310 e. The Morgan fingerprint density at radius 2 is 1.85 bits per heavy atom. The van der Waals surface area contributed by atoms with Gasteiger partial charge >= 0.3 is 0 Å². The molecule has 1 aliphatic rings. The molecule has 1 saturated heterocycles. The fraction of sp³-hybridized carbons (Fsp3) is 0.333. The van der Waals surface area contributed by atoms with Crippen LogP contribution in [-0.4, -0.2) is 6.54 Å². The summed E-state index contributed by atoms with van der Waals surface area (Å²) in [5, 5.41) is 2.98. The third-order valence-electron chi connectivity index (χ3n) is 2.22. The van der Waals surface area contributed by atoms with E-state index in [2.05, 4.69) is 5.32 Å². The highest BCUT2D eigenvalue weighted by molar-refractivity contribution is 14.1. The van der Waals surface area contributed by atoms with Crippen molar-refractivity contribution in [3.63, 3.8) is 0 Å². The first kappa shape index (κ1) is 9.33. The number of hydrogen-bond acceptors (Lipinski definition) is 1. The second-order valence-electron chi connectivity index (χ2n) is 3.08. The molecule has 13 heavy (non-hydrogen) atoms. The summed E-state index contributed by atoms with van der Waals surface area (Å²) < 4.78 is 27.2. The minimum Gasteiger partial charge on any atom is -0.310 e. The van der Waals surface area contributed by atoms with Crippen molar-refractivity contribution in [1.29, 1.82) is 0 Å². The van der Waals surface area contributed by atoms with Crippen LogP contribution >= 0.6 is 22.6 Å². The summed E-state index contributed by atoms with van der Waals surface area (Å²) in [6, 6.07) is 2.59. The van der Waals surface area contributed by atoms with Crippen molar-refractivity contribution in [2.24, 2.45) is 0 Å². The van der Waals surface area contributed by atoms with Gasteiger partial charge in [-0.15, -0.1) is 0 Å². The predicted octanol–water partition coefficient (Wildman–Crippen LogP) is 2.60. The van der Waals surface area contributed by atoms with Crippen LogP contribution in [0.25, 0.3) is 0 Å². The van der Waals surface area contributed by atoms with Gasteiger partial charge in [0.05, 0.1) is 0 Å². The van der Waals surface area contributed by atoms with Crippen LogP contribution in [0.3, 0.4) is 0 Å². The smallest absolute Gasteiger partial charge is 0.131 e. The molecule has 1 atom stereocenters. The van der Waals surface area contributed by atoms with Crippen molar-refractivity contribution >= 4 is 22.6 Å². The molecule has 0 radical (unpaired) electrons. The number of benzene rings is 1. The predicted molar refractivity (Wildman–Crippen MR) is 54.4 cm³/mol. The molecule has 4 heteroatoms. The Morgan fingerprint density at radius 1 is 1.31 bits per heavy atom. The summed E-state index contributed by atoms with van der Waals surface area (Å²) in [6.45, 7) is 0.843. The van der Waals surface area contributed by atoms with E-state index in [1.807, 2.05) is 22.6 Å². The van der Waals surface area contributed by atoms with Crippen molar-refractivity contribution in [3.8, 4) is 0 Å². The van der Waals surface area contributed by atoms with Crippen LogP contribution < -0.4 is 5.32 Å². The first-order chi connectivity index (χ1) is 6.18. The summed E-state index contributed by atoms with van der Waals surface area (Å²) in [5.74, 6) is -0.886. The fourth-order valence-electron chi connectivity index (χ4n) is 1.42. The van der Waals surface area contributed by atoms with Gasteiger partial charge in [0.15, 0.2) is 0 Å². The van der Waals surface area contributed by atoms with E-state index in [1.165, 1.54) is 12.1 Å². The molecule has 1 aromatic carbocycles. The molecular formula is C9H8F2IN. The number of hydrogen-bond donors (Lipinski definition) is 1. The number of halogens is 3. The van der Waals surface area contributed by atoms with Gasteiger partial charge in [0, 0.05) is 15.2 Å². The quantitative estimate of drug-likeness (QED) is 0.785. The SMILES string of the molecule is Fc1cc(I)cc(F)c1[C@@H]1CCN1. The molecule has 1 fully saturated rings. The van der Waals surface area contributed by atoms with Gasteiger partial charge in [-0.25, -0.2) is 8.78 Å². The maximum absolute atomic E-state index is 13.3. The van der Waals surface area contributed by atoms with E-state index in [1.54, 1.807) is 0 Å². The summed E-state index contributed by atoms with van der Waals surface area (Å²) in [5.41, 5.74) is 0.187. The van der Waals surface area contributed by atoms with Crippen LogP contribution in [0, 0.1) is 15.2 Å². The van der Waals surface area contributed by atoms with E-state index in [4.69, 9.17) is 0 Å². The first-order valence-corrected chi connectivity index (χ1v) is 5.14. The Hall–Kier alpha value is -0.230. The molecule has 0 aliphatic carbocycles. The summed E-state index contributed by atoms with van der Waals surface area (Å²) >= 11 is 1.90. The molecule has 1 nitrogen and oxygen atoms in total. The second-order valence-corrected chi connectivity index (χ2v) is 4.32. The Kier molecular flexibility index (Phi) is 2.51.